The second-order valence-electron chi connectivity index (χ2n) is 24.1. The third-order valence-electron chi connectivity index (χ3n) is 14.5. The van der Waals surface area contributed by atoms with E-state index in [2.05, 4.69) is 172 Å². The van der Waals surface area contributed by atoms with Crippen molar-refractivity contribution in [1.82, 2.24) is 0 Å². The minimum absolute atomic E-state index is 0.0394. The lowest BCUT2D eigenvalue weighted by Crippen LogP contribution is -2.37. The van der Waals surface area contributed by atoms with Gasteiger partial charge in [-0.05, 0) is 122 Å². The number of carbonyl (C=O) groups is 2. The summed E-state index contributed by atoms with van der Waals surface area (Å²) in [7, 11) is 1.15. The molecule has 0 aromatic heterocycles. The van der Waals surface area contributed by atoms with Gasteiger partial charge in [-0.3, -0.25) is 14.2 Å². The second kappa shape index (κ2) is 67.0. The molecule has 0 radical (unpaired) electrons. The van der Waals surface area contributed by atoms with Gasteiger partial charge in [0, 0.05) is 12.8 Å². The molecule has 0 heterocycles. The Morgan fingerprint density at radius 3 is 0.909 bits per heavy atom. The van der Waals surface area contributed by atoms with Gasteiger partial charge in [-0.2, -0.15) is 0 Å². The molecule has 0 aliphatic carbocycles. The number of phosphoric ester groups is 1. The first kappa shape index (κ1) is 83.6. The van der Waals surface area contributed by atoms with E-state index in [0.29, 0.717) is 17.4 Å². The molecule has 500 valence electrons. The van der Waals surface area contributed by atoms with Crippen LogP contribution >= 0.6 is 7.82 Å². The van der Waals surface area contributed by atoms with E-state index in [0.717, 1.165) is 128 Å². The van der Waals surface area contributed by atoms with Gasteiger partial charge in [-0.25, -0.2) is 0 Å². The lowest BCUT2D eigenvalue weighted by atomic mass is 10.0. The highest BCUT2D eigenvalue weighted by atomic mass is 31.2. The SMILES string of the molecule is CC/C=C\C/C=C\C/C=C\C/C=C\C/C=C\C/C=C\C/C=C\CCCCCCCCCCCC(=O)OC(COC(=O)CCCCCCCCCCCCCCCC/C=C\C/C=C\C/C=C\C/C=C\C/C=C\C/C=C\CC)COP(=O)([O-])OCC[N+](C)(C)C. The topological polar surface area (TPSA) is 111 Å². The third-order valence-corrected chi connectivity index (χ3v) is 15.5. The highest BCUT2D eigenvalue weighted by Gasteiger charge is 2.22. The maximum Gasteiger partial charge on any atom is 0.306 e. The highest BCUT2D eigenvalue weighted by Crippen LogP contribution is 2.38. The zero-order valence-corrected chi connectivity index (χ0v) is 57.8. The quantitative estimate of drug-likeness (QED) is 0.0195. The fraction of sp³-hybridized carbons (Fsp3) is 0.641. The van der Waals surface area contributed by atoms with Crippen molar-refractivity contribution in [3.05, 3.63) is 158 Å². The van der Waals surface area contributed by atoms with Crippen LogP contribution in [0.5, 0.6) is 0 Å². The van der Waals surface area contributed by atoms with E-state index >= 15 is 0 Å². The van der Waals surface area contributed by atoms with E-state index in [-0.39, 0.29) is 32.0 Å². The number of quaternary nitrogens is 1. The molecule has 9 nitrogen and oxygen atoms in total. The van der Waals surface area contributed by atoms with Gasteiger partial charge >= 0.3 is 11.9 Å². The zero-order chi connectivity index (χ0) is 64.1. The maximum atomic E-state index is 12.9. The molecule has 0 aliphatic heterocycles. The van der Waals surface area contributed by atoms with Crippen molar-refractivity contribution in [2.24, 2.45) is 0 Å². The van der Waals surface area contributed by atoms with Gasteiger partial charge in [-0.15, -0.1) is 0 Å². The Bertz CT molecular complexity index is 2040. The van der Waals surface area contributed by atoms with E-state index < -0.39 is 26.5 Å². The molecular formula is C78H130NO8P. The van der Waals surface area contributed by atoms with Gasteiger partial charge in [0.1, 0.15) is 19.8 Å². The number of unbranched alkanes of at least 4 members (excludes halogenated alkanes) is 23. The van der Waals surface area contributed by atoms with Crippen LogP contribution in [0.1, 0.15) is 271 Å². The molecule has 2 unspecified atom stereocenters. The summed E-state index contributed by atoms with van der Waals surface area (Å²) in [6, 6.07) is 0. The fourth-order valence-electron chi connectivity index (χ4n) is 9.23. The average molecular weight is 1240 g/mol. The number of nitrogens with zero attached hydrogens (tertiary/aromatic N) is 1. The van der Waals surface area contributed by atoms with Gasteiger partial charge in [0.2, 0.25) is 0 Å². The summed E-state index contributed by atoms with van der Waals surface area (Å²) >= 11 is 0. The van der Waals surface area contributed by atoms with Crippen molar-refractivity contribution >= 4 is 19.8 Å². The standard InChI is InChI=1S/C78H130NO8P/c1-6-8-10-12-14-16-18-20-22-24-26-28-30-32-34-36-38-39-41-42-44-46-48-50-52-54-56-58-60-62-64-66-68-70-77(80)84-74-76(75-86-88(82,83)85-73-72-79(3,4)5)87-78(81)71-69-67-65-63-61-59-57-55-53-51-49-47-45-43-40-37-35-33-31-29-27-25-23-21-19-17-15-13-11-9-7-2/h8-11,14-17,20-23,26-29,32-35,38-40,43,47,49,76H,6-7,12-13,18-19,24-25,30-31,36-37,41-42,44-46,48,50-75H2,1-5H3/b10-8-,11-9-,16-14-,17-15-,22-20-,23-21-,28-26-,29-27-,34-32-,35-33-,39-38-,43-40-,49-47-. The first-order valence-corrected chi connectivity index (χ1v) is 36.7. The van der Waals surface area contributed by atoms with Gasteiger partial charge in [0.25, 0.3) is 7.82 Å². The Morgan fingerprint density at radius 2 is 0.614 bits per heavy atom. The summed E-state index contributed by atoms with van der Waals surface area (Å²) in [6.45, 7) is 4.00. The first-order chi connectivity index (χ1) is 43.0. The number of ether oxygens (including phenoxy) is 2. The lowest BCUT2D eigenvalue weighted by molar-refractivity contribution is -0.870. The first-order valence-electron chi connectivity index (χ1n) is 35.2. The second-order valence-corrected chi connectivity index (χ2v) is 25.5. The predicted octanol–water partition coefficient (Wildman–Crippen LogP) is 22.5. The fourth-order valence-corrected chi connectivity index (χ4v) is 9.96. The number of carbonyl (C=O) groups excluding carboxylic acids is 2. The van der Waals surface area contributed by atoms with Crippen molar-refractivity contribution in [3.8, 4) is 0 Å². The van der Waals surface area contributed by atoms with Crippen molar-refractivity contribution in [2.75, 3.05) is 47.5 Å². The van der Waals surface area contributed by atoms with Gasteiger partial charge in [-0.1, -0.05) is 294 Å². The van der Waals surface area contributed by atoms with Crippen LogP contribution in [0, 0.1) is 0 Å². The Labute approximate surface area is 541 Å². The normalized spacial score (nSPS) is 14.1. The Morgan fingerprint density at radius 1 is 0.352 bits per heavy atom. The van der Waals surface area contributed by atoms with Gasteiger partial charge in [0.15, 0.2) is 6.10 Å². The van der Waals surface area contributed by atoms with Crippen LogP contribution in [-0.2, 0) is 32.7 Å². The summed E-state index contributed by atoms with van der Waals surface area (Å²) in [5.41, 5.74) is 0. The third kappa shape index (κ3) is 70.7. The molecule has 0 saturated heterocycles. The molecule has 2 atom stereocenters. The molecule has 0 spiro atoms. The van der Waals surface area contributed by atoms with Crippen molar-refractivity contribution in [1.29, 1.82) is 0 Å². The van der Waals surface area contributed by atoms with Crippen LogP contribution in [0.25, 0.3) is 0 Å². The molecule has 0 N–H and O–H groups in total. The molecular weight excluding hydrogens is 1110 g/mol. The largest absolute Gasteiger partial charge is 0.756 e. The molecule has 0 aromatic carbocycles. The Kier molecular flexibility index (Phi) is 63.7. The molecule has 0 rings (SSSR count). The van der Waals surface area contributed by atoms with Crippen molar-refractivity contribution < 1.29 is 42.1 Å². The number of hydrogen-bond acceptors (Lipinski definition) is 8. The summed E-state index contributed by atoms with van der Waals surface area (Å²) in [4.78, 5) is 38.1. The molecule has 0 saturated carbocycles. The summed E-state index contributed by atoms with van der Waals surface area (Å²) in [5.74, 6) is -0.846. The van der Waals surface area contributed by atoms with Gasteiger partial charge in [0.05, 0.1) is 27.7 Å². The van der Waals surface area contributed by atoms with Crippen LogP contribution in [0.2, 0.25) is 0 Å². The number of esters is 2. The van der Waals surface area contributed by atoms with E-state index in [1.54, 1.807) is 0 Å². The van der Waals surface area contributed by atoms with Crippen LogP contribution in [-0.4, -0.2) is 70.0 Å². The Hall–Kier alpha value is -4.37. The summed E-state index contributed by atoms with van der Waals surface area (Å²) in [6.07, 6.45) is 100. The minimum Gasteiger partial charge on any atom is -0.756 e. The summed E-state index contributed by atoms with van der Waals surface area (Å²) in [5, 5.41) is 0. The summed E-state index contributed by atoms with van der Waals surface area (Å²) < 4.78 is 34.3. The maximum absolute atomic E-state index is 12.9. The van der Waals surface area contributed by atoms with Gasteiger partial charge < -0.3 is 27.9 Å². The van der Waals surface area contributed by atoms with Crippen LogP contribution in [0.15, 0.2) is 158 Å². The predicted molar refractivity (Wildman–Crippen MR) is 378 cm³/mol. The van der Waals surface area contributed by atoms with E-state index in [4.69, 9.17) is 18.5 Å². The van der Waals surface area contributed by atoms with E-state index in [1.165, 1.54) is 109 Å². The smallest absolute Gasteiger partial charge is 0.306 e. The monoisotopic (exact) mass is 1240 g/mol. The van der Waals surface area contributed by atoms with E-state index in [1.807, 2.05) is 21.1 Å². The zero-order valence-electron chi connectivity index (χ0n) is 56.9. The minimum atomic E-state index is -4.65. The molecule has 0 bridgehead atoms. The molecule has 0 fully saturated rings. The van der Waals surface area contributed by atoms with Crippen molar-refractivity contribution in [3.63, 3.8) is 0 Å². The Balaban J connectivity index is 4.11. The van der Waals surface area contributed by atoms with Crippen LogP contribution < -0.4 is 4.89 Å². The number of hydrogen-bond donors (Lipinski definition) is 0. The number of likely N-dealkylation sites (N-methyl/N-ethyl adjacent to an activating group) is 1. The molecule has 0 aromatic rings. The van der Waals surface area contributed by atoms with Crippen LogP contribution in [0.4, 0.5) is 0 Å². The molecule has 10 heteroatoms. The average Bonchev–Trinajstić information content (AvgIpc) is 3.68. The lowest BCUT2D eigenvalue weighted by Gasteiger charge is -2.28. The molecule has 0 aliphatic rings. The highest BCUT2D eigenvalue weighted by molar-refractivity contribution is 7.45. The molecule has 88 heavy (non-hydrogen) atoms. The molecule has 0 amide bonds. The van der Waals surface area contributed by atoms with Crippen LogP contribution in [0.3, 0.4) is 0 Å². The number of phosphoric acid groups is 1. The number of rotatable bonds is 63. The van der Waals surface area contributed by atoms with E-state index in [9.17, 15) is 19.0 Å². The number of allylic oxidation sites excluding steroid dienone is 26. The van der Waals surface area contributed by atoms with Crippen molar-refractivity contribution in [2.45, 2.75) is 277 Å².